The average Bonchev–Trinajstić information content (AvgIpc) is 3.00. The molecular formula is C15H9BrF8N4O3. The van der Waals surface area contributed by atoms with Crippen molar-refractivity contribution in [2.45, 2.75) is 18.3 Å². The molecule has 0 aliphatic rings. The van der Waals surface area contributed by atoms with Crippen LogP contribution in [0.4, 0.5) is 40.9 Å². The third-order valence-electron chi connectivity index (χ3n) is 3.70. The molecule has 31 heavy (non-hydrogen) atoms. The molecule has 0 radical (unpaired) electrons. The third-order valence-corrected chi connectivity index (χ3v) is 4.33. The van der Waals surface area contributed by atoms with Gasteiger partial charge in [0, 0.05) is 13.2 Å². The van der Waals surface area contributed by atoms with E-state index in [0.717, 1.165) is 19.4 Å². The molecule has 0 atom stereocenters. The summed E-state index contributed by atoms with van der Waals surface area (Å²) in [5, 5.41) is 4.41. The van der Waals surface area contributed by atoms with Gasteiger partial charge in [0.1, 0.15) is 17.1 Å². The minimum Gasteiger partial charge on any atom is -0.465 e. The van der Waals surface area contributed by atoms with E-state index in [1.54, 1.807) is 5.32 Å². The molecule has 7 nitrogen and oxygen atoms in total. The summed E-state index contributed by atoms with van der Waals surface area (Å²) in [7, 11) is 1.59. The zero-order valence-corrected chi connectivity index (χ0v) is 16.7. The zero-order valence-electron chi connectivity index (χ0n) is 15.1. The van der Waals surface area contributed by atoms with Gasteiger partial charge in [-0.2, -0.15) is 40.2 Å². The number of pyridine rings is 1. The Morgan fingerprint density at radius 3 is 2.19 bits per heavy atom. The van der Waals surface area contributed by atoms with Gasteiger partial charge in [0.25, 0.3) is 5.91 Å². The molecule has 2 rings (SSSR count). The molecule has 0 aliphatic carbocycles. The number of nitrogens with one attached hydrogen (secondary N) is 1. The van der Waals surface area contributed by atoms with Gasteiger partial charge in [-0.05, 0) is 22.0 Å². The summed E-state index contributed by atoms with van der Waals surface area (Å²) in [6, 6.07) is 0.878. The van der Waals surface area contributed by atoms with Crippen molar-refractivity contribution in [3.8, 4) is 0 Å². The standard InChI is InChI=1S/C15H9BrF8N4O3/c1-28-9(8(14(19,20)21)10(27-28)13(17,18)15(22,23)24)11(29)26-7-3-5(12(30)31-2)6(16)4-25-7/h3-4H,1-2H3,(H,25,26,29). The van der Waals surface area contributed by atoms with Crippen molar-refractivity contribution in [3.05, 3.63) is 39.3 Å². The lowest BCUT2D eigenvalue weighted by molar-refractivity contribution is -0.292. The second-order valence-electron chi connectivity index (χ2n) is 5.76. The maximum atomic E-state index is 13.7. The molecule has 170 valence electrons. The van der Waals surface area contributed by atoms with Crippen molar-refractivity contribution in [3.63, 3.8) is 0 Å². The second-order valence-corrected chi connectivity index (χ2v) is 6.62. The summed E-state index contributed by atoms with van der Waals surface area (Å²) in [6.07, 6.45) is -11.2. The first kappa shape index (κ1) is 24.5. The van der Waals surface area contributed by atoms with Crippen molar-refractivity contribution in [2.24, 2.45) is 7.05 Å². The van der Waals surface area contributed by atoms with E-state index in [0.29, 0.717) is 7.05 Å². The van der Waals surface area contributed by atoms with Crippen LogP contribution in [0.2, 0.25) is 0 Å². The number of hydrogen-bond acceptors (Lipinski definition) is 5. The monoisotopic (exact) mass is 524 g/mol. The number of anilines is 1. The highest BCUT2D eigenvalue weighted by Crippen LogP contribution is 2.48. The summed E-state index contributed by atoms with van der Waals surface area (Å²) in [5.41, 5.74) is -7.09. The van der Waals surface area contributed by atoms with Gasteiger partial charge in [-0.3, -0.25) is 9.48 Å². The quantitative estimate of drug-likeness (QED) is 0.476. The SMILES string of the molecule is COC(=O)c1cc(NC(=O)c2c(C(F)(F)F)c(C(F)(F)C(F)(F)F)nn2C)ncc1Br. The van der Waals surface area contributed by atoms with E-state index in [9.17, 15) is 44.7 Å². The molecule has 1 N–H and O–H groups in total. The number of rotatable bonds is 4. The fraction of sp³-hybridized carbons (Fsp3) is 0.333. The largest absolute Gasteiger partial charge is 0.465 e. The Hall–Kier alpha value is -2.78. The van der Waals surface area contributed by atoms with E-state index in [-0.39, 0.29) is 14.7 Å². The average molecular weight is 525 g/mol. The van der Waals surface area contributed by atoms with Crippen molar-refractivity contribution in [1.29, 1.82) is 0 Å². The van der Waals surface area contributed by atoms with Crippen LogP contribution in [-0.2, 0) is 23.9 Å². The fourth-order valence-corrected chi connectivity index (χ4v) is 2.73. The molecule has 2 heterocycles. The predicted octanol–water partition coefficient (Wildman–Crippen LogP) is 4.29. The van der Waals surface area contributed by atoms with E-state index >= 15 is 0 Å². The maximum Gasteiger partial charge on any atom is 0.459 e. The van der Waals surface area contributed by atoms with E-state index < -0.39 is 52.9 Å². The number of carbonyl (C=O) groups excluding carboxylic acids is 2. The number of nitrogens with zero attached hydrogens (tertiary/aromatic N) is 3. The molecule has 1 amide bonds. The number of carbonyl (C=O) groups is 2. The van der Waals surface area contributed by atoms with Gasteiger partial charge in [0.05, 0.1) is 17.1 Å². The number of ether oxygens (including phenoxy) is 1. The van der Waals surface area contributed by atoms with Crippen molar-refractivity contribution >= 4 is 33.6 Å². The van der Waals surface area contributed by atoms with Crippen LogP contribution in [-0.4, -0.2) is 39.9 Å². The summed E-state index contributed by atoms with van der Waals surface area (Å²) in [5.74, 6) is -9.19. The molecule has 0 fully saturated rings. The molecule has 0 unspecified atom stereocenters. The Kier molecular flexibility index (Phi) is 6.36. The van der Waals surface area contributed by atoms with Gasteiger partial charge in [0.15, 0.2) is 5.69 Å². The van der Waals surface area contributed by atoms with Gasteiger partial charge in [-0.25, -0.2) is 9.78 Å². The van der Waals surface area contributed by atoms with Crippen LogP contribution in [0.5, 0.6) is 0 Å². The van der Waals surface area contributed by atoms with Gasteiger partial charge in [-0.1, -0.05) is 0 Å². The molecule has 0 aromatic carbocycles. The number of methoxy groups -OCH3 is 1. The van der Waals surface area contributed by atoms with Crippen molar-refractivity contribution in [1.82, 2.24) is 14.8 Å². The number of aromatic nitrogens is 3. The third kappa shape index (κ3) is 4.62. The first-order valence-electron chi connectivity index (χ1n) is 7.66. The molecule has 0 aliphatic heterocycles. The lowest BCUT2D eigenvalue weighted by atomic mass is 10.1. The summed E-state index contributed by atoms with van der Waals surface area (Å²) >= 11 is 2.95. The van der Waals surface area contributed by atoms with Crippen LogP contribution >= 0.6 is 15.9 Å². The highest BCUT2D eigenvalue weighted by Gasteiger charge is 2.64. The molecule has 0 bridgehead atoms. The van der Waals surface area contributed by atoms with E-state index in [4.69, 9.17) is 0 Å². The summed E-state index contributed by atoms with van der Waals surface area (Å²) in [4.78, 5) is 27.6. The number of amides is 1. The van der Waals surface area contributed by atoms with Crippen LogP contribution in [0.15, 0.2) is 16.7 Å². The molecular weight excluding hydrogens is 516 g/mol. The van der Waals surface area contributed by atoms with Gasteiger partial charge in [0.2, 0.25) is 0 Å². The Morgan fingerprint density at radius 1 is 1.13 bits per heavy atom. The number of halogens is 9. The Morgan fingerprint density at radius 2 is 1.71 bits per heavy atom. The molecule has 0 spiro atoms. The Balaban J connectivity index is 2.60. The Labute approximate surface area is 175 Å². The summed E-state index contributed by atoms with van der Waals surface area (Å²) < 4.78 is 110. The van der Waals surface area contributed by atoms with Crippen LogP contribution in [0, 0.1) is 0 Å². The topological polar surface area (TPSA) is 86.1 Å². The molecule has 16 heteroatoms. The van der Waals surface area contributed by atoms with Crippen molar-refractivity contribution < 1.29 is 49.4 Å². The van der Waals surface area contributed by atoms with Crippen LogP contribution in [0.25, 0.3) is 0 Å². The zero-order chi connectivity index (χ0) is 23.9. The second kappa shape index (κ2) is 8.05. The molecule has 2 aromatic rings. The van der Waals surface area contributed by atoms with Crippen LogP contribution in [0.3, 0.4) is 0 Å². The fourth-order valence-electron chi connectivity index (χ4n) is 2.36. The highest BCUT2D eigenvalue weighted by atomic mass is 79.9. The highest BCUT2D eigenvalue weighted by molar-refractivity contribution is 9.10. The van der Waals surface area contributed by atoms with Crippen molar-refractivity contribution in [2.75, 3.05) is 12.4 Å². The number of esters is 1. The molecule has 0 saturated heterocycles. The van der Waals surface area contributed by atoms with E-state index in [1.807, 2.05) is 0 Å². The van der Waals surface area contributed by atoms with Crippen LogP contribution < -0.4 is 5.32 Å². The maximum absolute atomic E-state index is 13.7. The Bertz CT molecular complexity index is 1030. The minimum atomic E-state index is -6.40. The van der Waals surface area contributed by atoms with Crippen LogP contribution in [0.1, 0.15) is 32.1 Å². The summed E-state index contributed by atoms with van der Waals surface area (Å²) in [6.45, 7) is 0. The van der Waals surface area contributed by atoms with E-state index in [2.05, 4.69) is 30.7 Å². The van der Waals surface area contributed by atoms with Gasteiger partial charge in [-0.15, -0.1) is 0 Å². The smallest absolute Gasteiger partial charge is 0.459 e. The van der Waals surface area contributed by atoms with E-state index in [1.165, 1.54) is 0 Å². The molecule has 2 aromatic heterocycles. The van der Waals surface area contributed by atoms with Gasteiger partial charge >= 0.3 is 24.2 Å². The minimum absolute atomic E-state index is 0.0623. The first-order chi connectivity index (χ1) is 14.0. The lowest BCUT2D eigenvalue weighted by Crippen LogP contribution is -2.36. The number of aryl methyl sites for hydroxylation is 1. The number of alkyl halides is 8. The lowest BCUT2D eigenvalue weighted by Gasteiger charge is -2.19. The molecule has 0 saturated carbocycles. The first-order valence-corrected chi connectivity index (χ1v) is 8.46. The predicted molar refractivity (Wildman–Crippen MR) is 89.4 cm³/mol. The number of hydrogen-bond donors (Lipinski definition) is 1. The normalized spacial score (nSPS) is 12.6. The van der Waals surface area contributed by atoms with Gasteiger partial charge < -0.3 is 10.1 Å².